The van der Waals surface area contributed by atoms with Crippen molar-refractivity contribution in [2.24, 2.45) is 5.92 Å². The van der Waals surface area contributed by atoms with Crippen molar-refractivity contribution in [3.05, 3.63) is 0 Å². The predicted molar refractivity (Wildman–Crippen MR) is 51.4 cm³/mol. The van der Waals surface area contributed by atoms with E-state index in [-0.39, 0.29) is 24.1 Å². The lowest BCUT2D eigenvalue weighted by atomic mass is 10.1. The van der Waals surface area contributed by atoms with Crippen molar-refractivity contribution in [2.75, 3.05) is 6.54 Å². The van der Waals surface area contributed by atoms with Crippen LogP contribution in [0.2, 0.25) is 0 Å². The Morgan fingerprint density at radius 1 is 1.57 bits per heavy atom. The van der Waals surface area contributed by atoms with E-state index < -0.39 is 16.0 Å². The van der Waals surface area contributed by atoms with E-state index in [1.807, 2.05) is 0 Å². The summed E-state index contributed by atoms with van der Waals surface area (Å²) < 4.78 is 25.1. The van der Waals surface area contributed by atoms with Gasteiger partial charge in [0.05, 0.1) is 5.25 Å². The van der Waals surface area contributed by atoms with Gasteiger partial charge in [0.1, 0.15) is 0 Å². The van der Waals surface area contributed by atoms with Gasteiger partial charge in [0.2, 0.25) is 10.0 Å². The van der Waals surface area contributed by atoms with Crippen molar-refractivity contribution >= 4 is 16.0 Å². The number of nitrogens with one attached hydrogen (secondary N) is 1. The lowest BCUT2D eigenvalue weighted by molar-refractivity contribution is -0.137. The molecular weight excluding hydrogens is 206 g/mol. The zero-order valence-electron chi connectivity index (χ0n) is 8.06. The molecule has 1 aliphatic carbocycles. The fraction of sp³-hybridized carbons (Fsp3) is 0.875. The van der Waals surface area contributed by atoms with Crippen LogP contribution in [0.25, 0.3) is 0 Å². The van der Waals surface area contributed by atoms with Crippen molar-refractivity contribution in [1.82, 2.24) is 4.72 Å². The SMILES string of the molecule is CC(CNS(=O)(=O)C1CC1)CC(=O)O. The second-order valence-corrected chi connectivity index (χ2v) is 5.84. The molecule has 1 aliphatic rings. The first-order valence-electron chi connectivity index (χ1n) is 4.62. The van der Waals surface area contributed by atoms with E-state index in [9.17, 15) is 13.2 Å². The Bertz CT molecular complexity index is 307. The van der Waals surface area contributed by atoms with Crippen LogP contribution in [0.4, 0.5) is 0 Å². The minimum atomic E-state index is -3.16. The minimum absolute atomic E-state index is 0.00676. The molecule has 0 spiro atoms. The maximum atomic E-state index is 11.3. The first-order valence-corrected chi connectivity index (χ1v) is 6.16. The largest absolute Gasteiger partial charge is 0.481 e. The molecule has 1 rings (SSSR count). The van der Waals surface area contributed by atoms with Crippen LogP contribution in [0, 0.1) is 5.92 Å². The molecular formula is C8H15NO4S. The topological polar surface area (TPSA) is 83.5 Å². The summed E-state index contributed by atoms with van der Waals surface area (Å²) in [6, 6.07) is 0. The Balaban J connectivity index is 2.29. The first kappa shape index (κ1) is 11.5. The van der Waals surface area contributed by atoms with Crippen molar-refractivity contribution in [2.45, 2.75) is 31.4 Å². The zero-order chi connectivity index (χ0) is 10.8. The van der Waals surface area contributed by atoms with E-state index in [0.29, 0.717) is 0 Å². The third-order valence-electron chi connectivity index (χ3n) is 2.12. The zero-order valence-corrected chi connectivity index (χ0v) is 8.88. The van der Waals surface area contributed by atoms with Gasteiger partial charge in [-0.05, 0) is 18.8 Å². The van der Waals surface area contributed by atoms with Gasteiger partial charge in [-0.15, -0.1) is 0 Å². The molecule has 1 unspecified atom stereocenters. The first-order chi connectivity index (χ1) is 6.42. The second-order valence-electron chi connectivity index (χ2n) is 3.80. The normalized spacial score (nSPS) is 19.2. The van der Waals surface area contributed by atoms with Crippen LogP contribution in [0.5, 0.6) is 0 Å². The van der Waals surface area contributed by atoms with E-state index in [1.54, 1.807) is 6.92 Å². The molecule has 2 N–H and O–H groups in total. The molecule has 0 aliphatic heterocycles. The Kier molecular flexibility index (Phi) is 3.49. The average molecular weight is 221 g/mol. The minimum Gasteiger partial charge on any atom is -0.481 e. The van der Waals surface area contributed by atoms with Crippen molar-refractivity contribution in [1.29, 1.82) is 0 Å². The fourth-order valence-electron chi connectivity index (χ4n) is 1.12. The Morgan fingerprint density at radius 3 is 2.57 bits per heavy atom. The van der Waals surface area contributed by atoms with E-state index in [0.717, 1.165) is 12.8 Å². The van der Waals surface area contributed by atoms with Gasteiger partial charge in [-0.25, -0.2) is 13.1 Å². The molecule has 0 saturated heterocycles. The number of sulfonamides is 1. The van der Waals surface area contributed by atoms with Gasteiger partial charge in [-0.3, -0.25) is 4.79 Å². The van der Waals surface area contributed by atoms with Gasteiger partial charge in [-0.2, -0.15) is 0 Å². The monoisotopic (exact) mass is 221 g/mol. The summed E-state index contributed by atoms with van der Waals surface area (Å²) in [6.45, 7) is 1.93. The number of carboxylic acids is 1. The van der Waals surface area contributed by atoms with Crippen molar-refractivity contribution < 1.29 is 18.3 Å². The predicted octanol–water partition coefficient (Wildman–Crippen LogP) is 0.179. The third kappa shape index (κ3) is 3.63. The van der Waals surface area contributed by atoms with Gasteiger partial charge in [0.25, 0.3) is 0 Å². The highest BCUT2D eigenvalue weighted by atomic mass is 32.2. The molecule has 82 valence electrons. The van der Waals surface area contributed by atoms with Gasteiger partial charge >= 0.3 is 5.97 Å². The maximum absolute atomic E-state index is 11.3. The maximum Gasteiger partial charge on any atom is 0.303 e. The van der Waals surface area contributed by atoms with Crippen LogP contribution in [-0.2, 0) is 14.8 Å². The van der Waals surface area contributed by atoms with Gasteiger partial charge in [0.15, 0.2) is 0 Å². The lowest BCUT2D eigenvalue weighted by Gasteiger charge is -2.09. The Morgan fingerprint density at radius 2 is 2.14 bits per heavy atom. The summed E-state index contributed by atoms with van der Waals surface area (Å²) in [5.74, 6) is -1.07. The highest BCUT2D eigenvalue weighted by molar-refractivity contribution is 7.90. The average Bonchev–Trinajstić information content (AvgIpc) is 2.81. The van der Waals surface area contributed by atoms with Crippen LogP contribution in [-0.4, -0.2) is 31.3 Å². The molecule has 14 heavy (non-hydrogen) atoms. The number of aliphatic carboxylic acids is 1. The molecule has 0 aromatic heterocycles. The fourth-order valence-corrected chi connectivity index (χ4v) is 2.63. The molecule has 0 aromatic rings. The molecule has 0 aromatic carbocycles. The van der Waals surface area contributed by atoms with Gasteiger partial charge in [-0.1, -0.05) is 6.92 Å². The Labute approximate surface area is 83.6 Å². The van der Waals surface area contributed by atoms with Crippen LogP contribution < -0.4 is 4.72 Å². The summed E-state index contributed by atoms with van der Waals surface area (Å²) in [5.41, 5.74) is 0. The molecule has 1 atom stereocenters. The van der Waals surface area contributed by atoms with E-state index in [1.165, 1.54) is 0 Å². The van der Waals surface area contributed by atoms with Crippen LogP contribution in [0.3, 0.4) is 0 Å². The number of hydrogen-bond acceptors (Lipinski definition) is 3. The number of carboxylic acid groups (broad SMARTS) is 1. The molecule has 1 saturated carbocycles. The molecule has 5 nitrogen and oxygen atoms in total. The molecule has 6 heteroatoms. The molecule has 0 heterocycles. The molecule has 0 amide bonds. The summed E-state index contributed by atoms with van der Waals surface area (Å²) in [4.78, 5) is 10.3. The second kappa shape index (κ2) is 4.27. The lowest BCUT2D eigenvalue weighted by Crippen LogP contribution is -2.31. The van der Waals surface area contributed by atoms with E-state index in [2.05, 4.69) is 4.72 Å². The summed E-state index contributed by atoms with van der Waals surface area (Å²) in [5, 5.41) is 8.22. The number of carbonyl (C=O) groups is 1. The summed E-state index contributed by atoms with van der Waals surface area (Å²) in [6.07, 6.45) is 1.44. The van der Waals surface area contributed by atoms with Gasteiger partial charge in [0, 0.05) is 13.0 Å². The molecule has 1 fully saturated rings. The third-order valence-corrected chi connectivity index (χ3v) is 4.04. The number of hydrogen-bond donors (Lipinski definition) is 2. The van der Waals surface area contributed by atoms with Crippen LogP contribution in [0.1, 0.15) is 26.2 Å². The highest BCUT2D eigenvalue weighted by Gasteiger charge is 2.35. The smallest absolute Gasteiger partial charge is 0.303 e. The van der Waals surface area contributed by atoms with Crippen molar-refractivity contribution in [3.8, 4) is 0 Å². The van der Waals surface area contributed by atoms with E-state index >= 15 is 0 Å². The quantitative estimate of drug-likeness (QED) is 0.670. The summed E-state index contributed by atoms with van der Waals surface area (Å²) >= 11 is 0. The Hall–Kier alpha value is -0.620. The van der Waals surface area contributed by atoms with E-state index in [4.69, 9.17) is 5.11 Å². The highest BCUT2D eigenvalue weighted by Crippen LogP contribution is 2.27. The van der Waals surface area contributed by atoms with Gasteiger partial charge < -0.3 is 5.11 Å². The number of rotatable bonds is 6. The van der Waals surface area contributed by atoms with Crippen LogP contribution >= 0.6 is 0 Å². The standard InChI is InChI=1S/C8H15NO4S/c1-6(4-8(10)11)5-9-14(12,13)7-2-3-7/h6-7,9H,2-5H2,1H3,(H,10,11). The van der Waals surface area contributed by atoms with Crippen LogP contribution in [0.15, 0.2) is 0 Å². The molecule has 0 bridgehead atoms. The summed E-state index contributed by atoms with van der Waals surface area (Å²) in [7, 11) is -3.16. The van der Waals surface area contributed by atoms with Crippen molar-refractivity contribution in [3.63, 3.8) is 0 Å². The molecule has 0 radical (unpaired) electrons.